The molecule has 0 atom stereocenters. The van der Waals surface area contributed by atoms with Gasteiger partial charge in [0.2, 0.25) is 10.0 Å². The maximum absolute atomic E-state index is 13.5. The second-order valence-electron chi connectivity index (χ2n) is 4.84. The average molecular weight is 318 g/mol. The van der Waals surface area contributed by atoms with Crippen molar-refractivity contribution in [1.29, 1.82) is 0 Å². The average Bonchev–Trinajstić information content (AvgIpc) is 2.41. The van der Waals surface area contributed by atoms with Crippen LogP contribution in [0.4, 0.5) is 10.1 Å². The molecule has 0 saturated carbocycles. The van der Waals surface area contributed by atoms with Crippen molar-refractivity contribution in [1.82, 2.24) is 4.72 Å². The minimum Gasteiger partial charge on any atom is -0.399 e. The summed E-state index contributed by atoms with van der Waals surface area (Å²) >= 11 is 0. The van der Waals surface area contributed by atoms with Gasteiger partial charge in [-0.2, -0.15) is 0 Å². The predicted molar refractivity (Wildman–Crippen MR) is 81.1 cm³/mol. The van der Waals surface area contributed by atoms with E-state index in [-0.39, 0.29) is 22.7 Å². The van der Waals surface area contributed by atoms with Crippen LogP contribution in [0.5, 0.6) is 0 Å². The molecule has 21 heavy (non-hydrogen) atoms. The van der Waals surface area contributed by atoms with Gasteiger partial charge < -0.3 is 10.5 Å². The van der Waals surface area contributed by atoms with E-state index >= 15 is 0 Å². The van der Waals surface area contributed by atoms with Crippen LogP contribution in [-0.4, -0.2) is 28.2 Å². The number of halogens is 1. The second kappa shape index (κ2) is 8.31. The van der Waals surface area contributed by atoms with Crippen LogP contribution in [0.25, 0.3) is 0 Å². The lowest BCUT2D eigenvalue weighted by atomic mass is 10.2. The van der Waals surface area contributed by atoms with Gasteiger partial charge in [-0.3, -0.25) is 0 Å². The van der Waals surface area contributed by atoms with Gasteiger partial charge in [-0.05, 0) is 31.9 Å². The molecule has 0 heterocycles. The van der Waals surface area contributed by atoms with Crippen molar-refractivity contribution in [3.63, 3.8) is 0 Å². The monoisotopic (exact) mass is 318 g/mol. The van der Waals surface area contributed by atoms with Crippen molar-refractivity contribution in [2.45, 2.75) is 38.0 Å². The molecule has 5 nitrogen and oxygen atoms in total. The summed E-state index contributed by atoms with van der Waals surface area (Å²) in [6.45, 7) is 4.90. The first kappa shape index (κ1) is 17.9. The number of ether oxygens (including phenoxy) is 1. The molecular formula is C14H23FN2O3S. The van der Waals surface area contributed by atoms with Crippen molar-refractivity contribution in [3.8, 4) is 0 Å². The van der Waals surface area contributed by atoms with E-state index in [1.165, 1.54) is 13.0 Å². The molecule has 1 rings (SSSR count). The summed E-state index contributed by atoms with van der Waals surface area (Å²) in [4.78, 5) is -0.119. The number of hydrogen-bond donors (Lipinski definition) is 2. The van der Waals surface area contributed by atoms with Crippen LogP contribution in [0.3, 0.4) is 0 Å². The maximum atomic E-state index is 13.5. The van der Waals surface area contributed by atoms with Gasteiger partial charge in [0.25, 0.3) is 0 Å². The highest BCUT2D eigenvalue weighted by atomic mass is 32.2. The van der Waals surface area contributed by atoms with Crippen molar-refractivity contribution < 1.29 is 17.5 Å². The summed E-state index contributed by atoms with van der Waals surface area (Å²) in [5.74, 6) is -0.627. The standard InChI is InChI=1S/C14H23FN2O3S/c1-3-4-7-20-8-5-6-17-21(18,19)14-10-12(16)9-13(15)11(14)2/h9-10,17H,3-8,16H2,1-2H3. The third kappa shape index (κ3) is 5.61. The van der Waals surface area contributed by atoms with Gasteiger partial charge in [0, 0.05) is 31.0 Å². The zero-order chi connectivity index (χ0) is 15.9. The lowest BCUT2D eigenvalue weighted by Crippen LogP contribution is -2.26. The van der Waals surface area contributed by atoms with Gasteiger partial charge in [0.15, 0.2) is 0 Å². The second-order valence-corrected chi connectivity index (χ2v) is 6.58. The molecule has 0 aliphatic rings. The highest BCUT2D eigenvalue weighted by molar-refractivity contribution is 7.89. The zero-order valence-electron chi connectivity index (χ0n) is 12.5. The number of hydrogen-bond acceptors (Lipinski definition) is 4. The topological polar surface area (TPSA) is 81.4 Å². The van der Waals surface area contributed by atoms with Gasteiger partial charge in [0.1, 0.15) is 5.82 Å². The molecule has 0 aromatic heterocycles. The summed E-state index contributed by atoms with van der Waals surface area (Å²) < 4.78 is 45.5. The maximum Gasteiger partial charge on any atom is 0.241 e. The van der Waals surface area contributed by atoms with Gasteiger partial charge in [-0.1, -0.05) is 13.3 Å². The van der Waals surface area contributed by atoms with E-state index in [9.17, 15) is 12.8 Å². The van der Waals surface area contributed by atoms with Gasteiger partial charge in [0.05, 0.1) is 4.90 Å². The van der Waals surface area contributed by atoms with Crippen LogP contribution in [0.1, 0.15) is 31.7 Å². The number of unbranched alkanes of at least 4 members (excludes halogenated alkanes) is 1. The Bertz CT molecular complexity index is 562. The van der Waals surface area contributed by atoms with Crippen LogP contribution < -0.4 is 10.5 Å². The SMILES string of the molecule is CCCCOCCCNS(=O)(=O)c1cc(N)cc(F)c1C. The molecule has 0 saturated heterocycles. The van der Waals surface area contributed by atoms with E-state index in [0.29, 0.717) is 19.6 Å². The van der Waals surface area contributed by atoms with E-state index in [0.717, 1.165) is 18.9 Å². The Hall–Kier alpha value is -1.18. The van der Waals surface area contributed by atoms with E-state index in [1.807, 2.05) is 0 Å². The molecule has 0 bridgehead atoms. The Morgan fingerprint density at radius 1 is 1.29 bits per heavy atom. The van der Waals surface area contributed by atoms with Crippen LogP contribution in [0.15, 0.2) is 17.0 Å². The molecule has 0 aliphatic heterocycles. The first-order valence-corrected chi connectivity index (χ1v) is 8.50. The van der Waals surface area contributed by atoms with Crippen molar-refractivity contribution in [3.05, 3.63) is 23.5 Å². The molecule has 0 unspecified atom stereocenters. The normalized spacial score (nSPS) is 11.8. The molecule has 1 aromatic carbocycles. The fourth-order valence-corrected chi connectivity index (χ4v) is 3.12. The number of anilines is 1. The third-order valence-electron chi connectivity index (χ3n) is 3.01. The Balaban J connectivity index is 2.55. The molecule has 7 heteroatoms. The fraction of sp³-hybridized carbons (Fsp3) is 0.571. The summed E-state index contributed by atoms with van der Waals surface area (Å²) in [5, 5.41) is 0. The van der Waals surface area contributed by atoms with Crippen LogP contribution in [0.2, 0.25) is 0 Å². The molecule has 1 aromatic rings. The van der Waals surface area contributed by atoms with Crippen LogP contribution in [-0.2, 0) is 14.8 Å². The lowest BCUT2D eigenvalue weighted by molar-refractivity contribution is 0.130. The summed E-state index contributed by atoms with van der Waals surface area (Å²) in [6, 6.07) is 2.37. The highest BCUT2D eigenvalue weighted by Crippen LogP contribution is 2.21. The minimum atomic E-state index is -3.76. The number of nitrogens with two attached hydrogens (primary N) is 1. The van der Waals surface area contributed by atoms with E-state index < -0.39 is 15.8 Å². The largest absolute Gasteiger partial charge is 0.399 e. The van der Waals surface area contributed by atoms with Crippen LogP contribution >= 0.6 is 0 Å². The number of nitrogen functional groups attached to an aromatic ring is 1. The molecule has 0 spiro atoms. The predicted octanol–water partition coefficient (Wildman–Crippen LogP) is 2.20. The van der Waals surface area contributed by atoms with Gasteiger partial charge in [-0.25, -0.2) is 17.5 Å². The summed E-state index contributed by atoms with van der Waals surface area (Å²) in [6.07, 6.45) is 2.62. The number of nitrogens with one attached hydrogen (secondary N) is 1. The Labute approximate surface area is 125 Å². The summed E-state index contributed by atoms with van der Waals surface area (Å²) in [7, 11) is -3.76. The highest BCUT2D eigenvalue weighted by Gasteiger charge is 2.19. The van der Waals surface area contributed by atoms with E-state index in [4.69, 9.17) is 10.5 Å². The third-order valence-corrected chi connectivity index (χ3v) is 4.60. The summed E-state index contributed by atoms with van der Waals surface area (Å²) in [5.41, 5.74) is 5.65. The Kier molecular flexibility index (Phi) is 7.07. The number of rotatable bonds is 9. The Morgan fingerprint density at radius 3 is 2.62 bits per heavy atom. The number of benzene rings is 1. The van der Waals surface area contributed by atoms with Crippen molar-refractivity contribution in [2.75, 3.05) is 25.5 Å². The molecule has 0 aliphatic carbocycles. The van der Waals surface area contributed by atoms with Crippen molar-refractivity contribution in [2.24, 2.45) is 0 Å². The number of sulfonamides is 1. The smallest absolute Gasteiger partial charge is 0.241 e. The fourth-order valence-electron chi connectivity index (χ4n) is 1.76. The molecule has 0 radical (unpaired) electrons. The van der Waals surface area contributed by atoms with Gasteiger partial charge >= 0.3 is 0 Å². The molecular weight excluding hydrogens is 295 g/mol. The minimum absolute atomic E-state index is 0.0656. The molecule has 120 valence electrons. The van der Waals surface area contributed by atoms with Crippen molar-refractivity contribution >= 4 is 15.7 Å². The quantitative estimate of drug-likeness (QED) is 0.540. The molecule has 0 fully saturated rings. The van der Waals surface area contributed by atoms with E-state index in [2.05, 4.69) is 11.6 Å². The lowest BCUT2D eigenvalue weighted by Gasteiger charge is -2.11. The first-order valence-electron chi connectivity index (χ1n) is 7.01. The Morgan fingerprint density at radius 2 is 1.95 bits per heavy atom. The molecule has 0 amide bonds. The zero-order valence-corrected chi connectivity index (χ0v) is 13.3. The van der Waals surface area contributed by atoms with Crippen LogP contribution in [0, 0.1) is 12.7 Å². The molecule has 3 N–H and O–H groups in total. The van der Waals surface area contributed by atoms with E-state index in [1.54, 1.807) is 0 Å². The first-order chi connectivity index (χ1) is 9.88. The van der Waals surface area contributed by atoms with Gasteiger partial charge in [-0.15, -0.1) is 0 Å².